The molecule has 1 fully saturated rings. The van der Waals surface area contributed by atoms with Gasteiger partial charge in [0, 0.05) is 29.9 Å². The molecule has 1 aliphatic rings. The molecule has 7 heteroatoms. The summed E-state index contributed by atoms with van der Waals surface area (Å²) in [5.74, 6) is 0.314. The lowest BCUT2D eigenvalue weighted by Gasteiger charge is -2.16. The van der Waals surface area contributed by atoms with Gasteiger partial charge in [-0.1, -0.05) is 12.1 Å². The second-order valence-corrected chi connectivity index (χ2v) is 6.86. The maximum absolute atomic E-state index is 12.5. The number of thiocarbonyl (C=S) groups is 1. The van der Waals surface area contributed by atoms with Crippen LogP contribution in [0.25, 0.3) is 0 Å². The Morgan fingerprint density at radius 2 is 1.79 bits per heavy atom. The lowest BCUT2D eigenvalue weighted by Crippen LogP contribution is -2.34. The summed E-state index contributed by atoms with van der Waals surface area (Å²) in [6.45, 7) is 4.00. The number of rotatable bonds is 5. The van der Waals surface area contributed by atoms with E-state index < -0.39 is 0 Å². The fourth-order valence-corrected chi connectivity index (χ4v) is 3.27. The van der Waals surface area contributed by atoms with Gasteiger partial charge in [-0.05, 0) is 68.4 Å². The predicted octanol–water partition coefficient (Wildman–Crippen LogP) is 3.45. The van der Waals surface area contributed by atoms with E-state index in [9.17, 15) is 9.59 Å². The van der Waals surface area contributed by atoms with Crippen LogP contribution in [0, 0.1) is 0 Å². The Morgan fingerprint density at radius 3 is 2.54 bits per heavy atom. The molecule has 0 saturated carbocycles. The molecule has 2 aromatic rings. The molecule has 1 aliphatic heterocycles. The van der Waals surface area contributed by atoms with E-state index in [0.717, 1.165) is 25.9 Å². The number of carbonyl (C=O) groups is 2. The highest BCUT2D eigenvalue weighted by molar-refractivity contribution is 7.80. The van der Waals surface area contributed by atoms with Crippen LogP contribution in [0.4, 0.5) is 5.69 Å². The van der Waals surface area contributed by atoms with Gasteiger partial charge in [0.05, 0.1) is 6.61 Å². The maximum Gasteiger partial charge on any atom is 0.257 e. The Bertz CT molecular complexity index is 879. The van der Waals surface area contributed by atoms with Crippen molar-refractivity contribution in [2.24, 2.45) is 0 Å². The van der Waals surface area contributed by atoms with E-state index in [-0.39, 0.29) is 16.9 Å². The van der Waals surface area contributed by atoms with Gasteiger partial charge >= 0.3 is 0 Å². The number of carbonyl (C=O) groups excluding carboxylic acids is 2. The molecule has 0 spiro atoms. The van der Waals surface area contributed by atoms with Crippen LogP contribution in [0.2, 0.25) is 0 Å². The van der Waals surface area contributed by atoms with Gasteiger partial charge in [0.15, 0.2) is 5.11 Å². The van der Waals surface area contributed by atoms with Gasteiger partial charge in [0.2, 0.25) is 0 Å². The van der Waals surface area contributed by atoms with Gasteiger partial charge in [-0.2, -0.15) is 0 Å². The molecule has 28 heavy (non-hydrogen) atoms. The first-order chi connectivity index (χ1) is 13.6. The number of nitrogens with zero attached hydrogens (tertiary/aromatic N) is 1. The third kappa shape index (κ3) is 5.07. The summed E-state index contributed by atoms with van der Waals surface area (Å²) in [5, 5.41) is 5.78. The number of likely N-dealkylation sites (tertiary alicyclic amines) is 1. The fraction of sp³-hybridized carbons (Fsp3) is 0.286. The second-order valence-electron chi connectivity index (χ2n) is 6.45. The smallest absolute Gasteiger partial charge is 0.257 e. The highest BCUT2D eigenvalue weighted by atomic mass is 32.1. The summed E-state index contributed by atoms with van der Waals surface area (Å²) in [7, 11) is 0. The van der Waals surface area contributed by atoms with Gasteiger partial charge in [0.25, 0.3) is 11.8 Å². The van der Waals surface area contributed by atoms with Crippen LogP contribution >= 0.6 is 12.2 Å². The standard InChI is InChI=1S/C21H23N3O3S/c1-2-27-18-10-6-7-15(14-18)19(25)23-21(28)22-17-9-5-8-16(13-17)20(26)24-11-3-4-12-24/h5-10,13-14H,2-4,11-12H2,1H3,(H2,22,23,25,28). The number of amides is 2. The van der Waals surface area contributed by atoms with Crippen molar-refractivity contribution in [1.29, 1.82) is 0 Å². The molecule has 2 N–H and O–H groups in total. The Kier molecular flexibility index (Phi) is 6.60. The molecule has 146 valence electrons. The highest BCUT2D eigenvalue weighted by Crippen LogP contribution is 2.17. The van der Waals surface area contributed by atoms with Crippen molar-refractivity contribution >= 4 is 34.8 Å². The van der Waals surface area contributed by atoms with Gasteiger partial charge in [0.1, 0.15) is 5.75 Å². The number of nitrogens with one attached hydrogen (secondary N) is 2. The Hall–Kier alpha value is -2.93. The van der Waals surface area contributed by atoms with Crippen molar-refractivity contribution in [3.8, 4) is 5.75 Å². The van der Waals surface area contributed by atoms with Crippen molar-refractivity contribution in [3.05, 3.63) is 59.7 Å². The molecular weight excluding hydrogens is 374 g/mol. The first-order valence-corrected chi connectivity index (χ1v) is 9.72. The molecule has 0 atom stereocenters. The van der Waals surface area contributed by atoms with E-state index in [1.54, 1.807) is 48.5 Å². The molecule has 1 heterocycles. The first kappa shape index (κ1) is 19.8. The minimum absolute atomic E-state index is 0.0174. The summed E-state index contributed by atoms with van der Waals surface area (Å²) in [5.41, 5.74) is 1.71. The van der Waals surface area contributed by atoms with Crippen LogP contribution < -0.4 is 15.4 Å². The van der Waals surface area contributed by atoms with Crippen LogP contribution in [0.3, 0.4) is 0 Å². The lowest BCUT2D eigenvalue weighted by atomic mass is 10.1. The number of hydrogen-bond donors (Lipinski definition) is 2. The van der Waals surface area contributed by atoms with Crippen molar-refractivity contribution in [1.82, 2.24) is 10.2 Å². The van der Waals surface area contributed by atoms with Crippen LogP contribution in [-0.2, 0) is 0 Å². The topological polar surface area (TPSA) is 70.7 Å². The fourth-order valence-electron chi connectivity index (χ4n) is 3.06. The second kappa shape index (κ2) is 9.32. The SMILES string of the molecule is CCOc1cccc(C(=O)NC(=S)Nc2cccc(C(=O)N3CCCC3)c2)c1. The molecule has 0 bridgehead atoms. The molecule has 0 radical (unpaired) electrons. The largest absolute Gasteiger partial charge is 0.494 e. The molecule has 0 aliphatic carbocycles. The minimum atomic E-state index is -0.330. The van der Waals surface area contributed by atoms with E-state index in [1.807, 2.05) is 11.8 Å². The Labute approximate surface area is 169 Å². The monoisotopic (exact) mass is 397 g/mol. The third-order valence-corrected chi connectivity index (χ3v) is 4.60. The quantitative estimate of drug-likeness (QED) is 0.757. The molecule has 6 nitrogen and oxygen atoms in total. The summed E-state index contributed by atoms with van der Waals surface area (Å²) < 4.78 is 5.41. The Morgan fingerprint density at radius 1 is 1.07 bits per heavy atom. The molecular formula is C21H23N3O3S. The van der Waals surface area contributed by atoms with E-state index in [0.29, 0.717) is 29.2 Å². The van der Waals surface area contributed by atoms with E-state index in [2.05, 4.69) is 10.6 Å². The van der Waals surface area contributed by atoms with Crippen LogP contribution in [0.1, 0.15) is 40.5 Å². The average Bonchev–Trinajstić information content (AvgIpc) is 3.23. The Balaban J connectivity index is 1.61. The summed E-state index contributed by atoms with van der Waals surface area (Å²) in [6, 6.07) is 14.0. The van der Waals surface area contributed by atoms with Gasteiger partial charge < -0.3 is 15.0 Å². The van der Waals surface area contributed by atoms with Gasteiger partial charge in [-0.25, -0.2) is 0 Å². The zero-order chi connectivity index (χ0) is 19.9. The lowest BCUT2D eigenvalue weighted by molar-refractivity contribution is 0.0792. The van der Waals surface area contributed by atoms with Crippen molar-refractivity contribution in [2.45, 2.75) is 19.8 Å². The van der Waals surface area contributed by atoms with Crippen LogP contribution in [0.15, 0.2) is 48.5 Å². The summed E-state index contributed by atoms with van der Waals surface area (Å²) in [6.07, 6.45) is 2.09. The predicted molar refractivity (Wildman–Crippen MR) is 113 cm³/mol. The highest BCUT2D eigenvalue weighted by Gasteiger charge is 2.19. The molecule has 0 aromatic heterocycles. The number of ether oxygens (including phenoxy) is 1. The maximum atomic E-state index is 12.5. The summed E-state index contributed by atoms with van der Waals surface area (Å²) >= 11 is 5.24. The van der Waals surface area contributed by atoms with Crippen molar-refractivity contribution in [3.63, 3.8) is 0 Å². The van der Waals surface area contributed by atoms with Crippen LogP contribution in [0.5, 0.6) is 5.75 Å². The molecule has 1 saturated heterocycles. The van der Waals surface area contributed by atoms with E-state index in [4.69, 9.17) is 17.0 Å². The average molecular weight is 398 g/mol. The molecule has 2 aromatic carbocycles. The molecule has 0 unspecified atom stereocenters. The van der Waals surface area contributed by atoms with Gasteiger partial charge in [-0.15, -0.1) is 0 Å². The number of benzene rings is 2. The van der Waals surface area contributed by atoms with Crippen molar-refractivity contribution < 1.29 is 14.3 Å². The molecule has 3 rings (SSSR count). The van der Waals surface area contributed by atoms with E-state index >= 15 is 0 Å². The van der Waals surface area contributed by atoms with Crippen LogP contribution in [-0.4, -0.2) is 41.5 Å². The number of hydrogen-bond acceptors (Lipinski definition) is 4. The first-order valence-electron chi connectivity index (χ1n) is 9.31. The van der Waals surface area contributed by atoms with Gasteiger partial charge in [-0.3, -0.25) is 14.9 Å². The normalized spacial score (nSPS) is 13.1. The third-order valence-electron chi connectivity index (χ3n) is 4.39. The van der Waals surface area contributed by atoms with E-state index in [1.165, 1.54) is 0 Å². The van der Waals surface area contributed by atoms with Crippen molar-refractivity contribution in [2.75, 3.05) is 25.0 Å². The zero-order valence-electron chi connectivity index (χ0n) is 15.7. The summed E-state index contributed by atoms with van der Waals surface area (Å²) in [4.78, 5) is 26.8. The zero-order valence-corrected chi connectivity index (χ0v) is 16.6. The minimum Gasteiger partial charge on any atom is -0.494 e. The number of anilines is 1. The molecule has 2 amide bonds.